The lowest BCUT2D eigenvalue weighted by Crippen LogP contribution is -2.30. The van der Waals surface area contributed by atoms with Gasteiger partial charge in [0, 0.05) is 25.7 Å². The molecular weight excluding hydrogens is 308 g/mol. The van der Waals surface area contributed by atoms with E-state index < -0.39 is 21.9 Å². The highest BCUT2D eigenvalue weighted by Gasteiger charge is 2.19. The number of benzene rings is 1. The maximum atomic E-state index is 12.3. The minimum Gasteiger partial charge on any atom is -0.481 e. The third kappa shape index (κ3) is 4.54. The summed E-state index contributed by atoms with van der Waals surface area (Å²) >= 11 is 0. The molecule has 1 rings (SSSR count). The molecule has 1 aromatic rings. The number of rotatable bonds is 7. The van der Waals surface area contributed by atoms with Gasteiger partial charge in [-0.1, -0.05) is 13.0 Å². The molecule has 0 aliphatic rings. The number of hydrogen-bond acceptors (Lipinski definition) is 4. The van der Waals surface area contributed by atoms with E-state index in [-0.39, 0.29) is 30.0 Å². The number of nitrogens with zero attached hydrogens (tertiary/aromatic N) is 1. The zero-order valence-corrected chi connectivity index (χ0v) is 13.6. The molecule has 0 heterocycles. The van der Waals surface area contributed by atoms with Crippen molar-refractivity contribution in [3.8, 4) is 0 Å². The molecule has 0 aromatic heterocycles. The largest absolute Gasteiger partial charge is 0.481 e. The molecule has 0 unspecified atom stereocenters. The number of sulfonamides is 1. The third-order valence-electron chi connectivity index (χ3n) is 3.09. The first-order valence-electron chi connectivity index (χ1n) is 6.76. The van der Waals surface area contributed by atoms with Gasteiger partial charge in [0.15, 0.2) is 0 Å². The number of carbonyl (C=O) groups excluding carboxylic acids is 1. The lowest BCUT2D eigenvalue weighted by molar-refractivity contribution is -0.137. The Morgan fingerprint density at radius 2 is 1.95 bits per heavy atom. The van der Waals surface area contributed by atoms with Gasteiger partial charge in [-0.2, -0.15) is 0 Å². The van der Waals surface area contributed by atoms with Crippen molar-refractivity contribution in [1.29, 1.82) is 0 Å². The predicted molar refractivity (Wildman–Crippen MR) is 81.3 cm³/mol. The van der Waals surface area contributed by atoms with E-state index >= 15 is 0 Å². The van der Waals surface area contributed by atoms with Crippen molar-refractivity contribution >= 4 is 21.9 Å². The molecule has 7 nitrogen and oxygen atoms in total. The van der Waals surface area contributed by atoms with Crippen molar-refractivity contribution in [1.82, 2.24) is 9.62 Å². The van der Waals surface area contributed by atoms with Crippen LogP contribution in [0.1, 0.15) is 29.3 Å². The molecule has 0 radical (unpaired) electrons. The molecule has 1 aromatic carbocycles. The number of carbonyl (C=O) groups is 2. The molecule has 0 aliphatic carbocycles. The molecule has 1 amide bonds. The fraction of sp³-hybridized carbons (Fsp3) is 0.429. The lowest BCUT2D eigenvalue weighted by atomic mass is 10.1. The molecule has 0 bridgehead atoms. The molecule has 0 atom stereocenters. The molecule has 0 saturated heterocycles. The van der Waals surface area contributed by atoms with Gasteiger partial charge in [0.1, 0.15) is 0 Å². The predicted octanol–water partition coefficient (Wildman–Crippen LogP) is 0.840. The Morgan fingerprint density at radius 1 is 1.32 bits per heavy atom. The average Bonchev–Trinajstić information content (AvgIpc) is 2.44. The van der Waals surface area contributed by atoms with Gasteiger partial charge in [-0.15, -0.1) is 0 Å². The highest BCUT2D eigenvalue weighted by molar-refractivity contribution is 7.89. The monoisotopic (exact) mass is 328 g/mol. The van der Waals surface area contributed by atoms with Crippen LogP contribution < -0.4 is 4.72 Å². The Balaban J connectivity index is 3.09. The van der Waals surface area contributed by atoms with E-state index in [2.05, 4.69) is 4.72 Å². The second-order valence-corrected chi connectivity index (χ2v) is 6.62. The fourth-order valence-electron chi connectivity index (χ4n) is 1.84. The van der Waals surface area contributed by atoms with Crippen LogP contribution in [0.25, 0.3) is 0 Å². The van der Waals surface area contributed by atoms with Crippen molar-refractivity contribution in [2.24, 2.45) is 0 Å². The highest BCUT2D eigenvalue weighted by atomic mass is 32.2. The second kappa shape index (κ2) is 7.37. The molecule has 122 valence electrons. The Hall–Kier alpha value is -1.93. The third-order valence-corrected chi connectivity index (χ3v) is 4.64. The number of carboxylic acid groups (broad SMARTS) is 1. The number of amides is 1. The van der Waals surface area contributed by atoms with E-state index in [0.29, 0.717) is 5.56 Å². The van der Waals surface area contributed by atoms with Crippen molar-refractivity contribution < 1.29 is 23.1 Å². The Morgan fingerprint density at radius 3 is 2.50 bits per heavy atom. The van der Waals surface area contributed by atoms with Crippen molar-refractivity contribution in [3.63, 3.8) is 0 Å². The number of hydrogen-bond donors (Lipinski definition) is 2. The first-order valence-corrected chi connectivity index (χ1v) is 8.25. The smallest absolute Gasteiger partial charge is 0.305 e. The summed E-state index contributed by atoms with van der Waals surface area (Å²) in [5.41, 5.74) is 0.870. The normalized spacial score (nSPS) is 11.2. The fourth-order valence-corrected chi connectivity index (χ4v) is 2.91. The summed E-state index contributed by atoms with van der Waals surface area (Å²) < 4.78 is 26.3. The summed E-state index contributed by atoms with van der Waals surface area (Å²) in [6, 6.07) is 4.30. The summed E-state index contributed by atoms with van der Waals surface area (Å²) in [7, 11) is -2.17. The van der Waals surface area contributed by atoms with Crippen LogP contribution in [0, 0.1) is 6.92 Å². The number of aryl methyl sites for hydroxylation is 1. The topological polar surface area (TPSA) is 104 Å². The molecule has 0 fully saturated rings. The zero-order chi connectivity index (χ0) is 16.9. The quantitative estimate of drug-likeness (QED) is 0.772. The first-order chi connectivity index (χ1) is 10.2. The van der Waals surface area contributed by atoms with Crippen molar-refractivity contribution in [2.75, 3.05) is 20.1 Å². The van der Waals surface area contributed by atoms with E-state index in [9.17, 15) is 18.0 Å². The number of nitrogens with one attached hydrogen (secondary N) is 1. The molecule has 8 heteroatoms. The minimum atomic E-state index is -3.65. The van der Waals surface area contributed by atoms with Gasteiger partial charge in [0.25, 0.3) is 5.91 Å². The average molecular weight is 328 g/mol. The molecular formula is C14H20N2O5S. The van der Waals surface area contributed by atoms with Gasteiger partial charge in [-0.3, -0.25) is 9.59 Å². The van der Waals surface area contributed by atoms with Crippen LogP contribution in [0.5, 0.6) is 0 Å². The SMILES string of the molecule is CCNS(=O)(=O)c1ccc(C)c(C(=O)N(C)CCC(=O)O)c1. The Kier molecular flexibility index (Phi) is 6.07. The molecule has 2 N–H and O–H groups in total. The summed E-state index contributed by atoms with van der Waals surface area (Å²) in [5, 5.41) is 8.65. The van der Waals surface area contributed by atoms with Crippen LogP contribution in [0.15, 0.2) is 23.1 Å². The van der Waals surface area contributed by atoms with Crippen molar-refractivity contribution in [3.05, 3.63) is 29.3 Å². The van der Waals surface area contributed by atoms with Crippen LogP contribution in [-0.2, 0) is 14.8 Å². The minimum absolute atomic E-state index is 0.00920. The van der Waals surface area contributed by atoms with Crippen LogP contribution in [0.3, 0.4) is 0 Å². The maximum Gasteiger partial charge on any atom is 0.305 e. The summed E-state index contributed by atoms with van der Waals surface area (Å²) in [6.07, 6.45) is -0.170. The second-order valence-electron chi connectivity index (χ2n) is 4.85. The maximum absolute atomic E-state index is 12.3. The first kappa shape index (κ1) is 18.1. The van der Waals surface area contributed by atoms with E-state index in [1.165, 1.54) is 24.1 Å². The summed E-state index contributed by atoms with van der Waals surface area (Å²) in [6.45, 7) is 3.66. The van der Waals surface area contributed by atoms with Gasteiger partial charge < -0.3 is 10.0 Å². The Bertz CT molecular complexity index is 670. The van der Waals surface area contributed by atoms with Gasteiger partial charge >= 0.3 is 5.97 Å². The highest BCUT2D eigenvalue weighted by Crippen LogP contribution is 2.17. The zero-order valence-electron chi connectivity index (χ0n) is 12.8. The van der Waals surface area contributed by atoms with E-state index in [4.69, 9.17) is 5.11 Å². The summed E-state index contributed by atoms with van der Waals surface area (Å²) in [4.78, 5) is 24.2. The van der Waals surface area contributed by atoms with Crippen LogP contribution in [0.2, 0.25) is 0 Å². The van der Waals surface area contributed by atoms with Gasteiger partial charge in [-0.05, 0) is 24.6 Å². The van der Waals surface area contributed by atoms with Crippen LogP contribution >= 0.6 is 0 Å². The standard InChI is InChI=1S/C14H20N2O5S/c1-4-15-22(20,21)11-6-5-10(2)12(9-11)14(19)16(3)8-7-13(17)18/h5-6,9,15H,4,7-8H2,1-3H3,(H,17,18). The molecule has 0 saturated carbocycles. The number of aliphatic carboxylic acids is 1. The summed E-state index contributed by atoms with van der Waals surface area (Å²) in [5.74, 6) is -1.41. The van der Waals surface area contributed by atoms with Gasteiger partial charge in [0.05, 0.1) is 11.3 Å². The molecule has 0 aliphatic heterocycles. The molecule has 22 heavy (non-hydrogen) atoms. The van der Waals surface area contributed by atoms with E-state index in [0.717, 1.165) is 0 Å². The molecule has 0 spiro atoms. The van der Waals surface area contributed by atoms with E-state index in [1.54, 1.807) is 19.9 Å². The van der Waals surface area contributed by atoms with Crippen LogP contribution in [-0.4, -0.2) is 50.4 Å². The van der Waals surface area contributed by atoms with Crippen molar-refractivity contribution in [2.45, 2.75) is 25.2 Å². The van der Waals surface area contributed by atoms with Crippen LogP contribution in [0.4, 0.5) is 0 Å². The lowest BCUT2D eigenvalue weighted by Gasteiger charge is -2.18. The number of carboxylic acids is 1. The van der Waals surface area contributed by atoms with E-state index in [1.807, 2.05) is 0 Å². The Labute approximate surface area is 130 Å². The van der Waals surface area contributed by atoms with Gasteiger partial charge in [-0.25, -0.2) is 13.1 Å². The van der Waals surface area contributed by atoms with Gasteiger partial charge in [0.2, 0.25) is 10.0 Å².